The molecule has 0 aliphatic carbocycles. The van der Waals surface area contributed by atoms with Crippen LogP contribution in [0.25, 0.3) is 0 Å². The Bertz CT molecular complexity index is 474. The molecule has 0 aromatic heterocycles. The third-order valence-electron chi connectivity index (χ3n) is 3.81. The third kappa shape index (κ3) is 7.17. The van der Waals surface area contributed by atoms with Crippen LogP contribution in [0.3, 0.4) is 0 Å². The first-order chi connectivity index (χ1) is 10.2. The quantitative estimate of drug-likeness (QED) is 0.742. The van der Waals surface area contributed by atoms with Crippen molar-refractivity contribution < 1.29 is 4.79 Å². The van der Waals surface area contributed by atoms with Gasteiger partial charge in [0.1, 0.15) is 0 Å². The first-order valence-corrected chi connectivity index (χ1v) is 8.02. The number of hydrogen-bond donors (Lipinski definition) is 2. The minimum atomic E-state index is 0. The Labute approximate surface area is 156 Å². The fraction of sp³-hybridized carbons (Fsp3) is 0.562. The molecule has 2 N–H and O–H groups in total. The van der Waals surface area contributed by atoms with Gasteiger partial charge in [-0.15, -0.1) is 24.8 Å². The zero-order valence-electron chi connectivity index (χ0n) is 13.4. The van der Waals surface area contributed by atoms with Crippen LogP contribution in [-0.4, -0.2) is 38.6 Å². The maximum atomic E-state index is 11.9. The largest absolute Gasteiger partial charge is 0.368 e. The number of piperidine rings is 1. The normalized spacial score (nSPS) is 17.0. The van der Waals surface area contributed by atoms with E-state index in [1.54, 1.807) is 0 Å². The van der Waals surface area contributed by atoms with Crippen molar-refractivity contribution in [3.8, 4) is 0 Å². The molecular weight excluding hydrogens is 357 g/mol. The number of carbonyl (C=O) groups excluding carboxylic acids is 1. The van der Waals surface area contributed by atoms with Gasteiger partial charge in [-0.25, -0.2) is 0 Å². The monoisotopic (exact) mass is 381 g/mol. The molecule has 0 spiro atoms. The number of benzene rings is 1. The summed E-state index contributed by atoms with van der Waals surface area (Å²) in [6.07, 6.45) is 3.58. The van der Waals surface area contributed by atoms with Gasteiger partial charge in [0.2, 0.25) is 5.91 Å². The highest BCUT2D eigenvalue weighted by Gasteiger charge is 2.22. The van der Waals surface area contributed by atoms with E-state index < -0.39 is 0 Å². The number of carbonyl (C=O) groups is 1. The number of hydrogen-bond acceptors (Lipinski definition) is 3. The number of halogens is 3. The van der Waals surface area contributed by atoms with Crippen molar-refractivity contribution in [3.63, 3.8) is 0 Å². The molecule has 1 aliphatic rings. The van der Waals surface area contributed by atoms with Gasteiger partial charge in [-0.3, -0.25) is 4.79 Å². The van der Waals surface area contributed by atoms with Crippen molar-refractivity contribution in [2.45, 2.75) is 31.7 Å². The molecule has 1 amide bonds. The molecule has 1 aliphatic heterocycles. The average Bonchev–Trinajstić information content (AvgIpc) is 2.48. The van der Waals surface area contributed by atoms with Crippen LogP contribution in [0.15, 0.2) is 24.3 Å². The van der Waals surface area contributed by atoms with Crippen LogP contribution in [0.5, 0.6) is 0 Å². The predicted molar refractivity (Wildman–Crippen MR) is 102 cm³/mol. The topological polar surface area (TPSA) is 44.4 Å². The van der Waals surface area contributed by atoms with Gasteiger partial charge in [-0.1, -0.05) is 23.7 Å². The first kappa shape index (κ1) is 22.3. The van der Waals surface area contributed by atoms with E-state index in [0.717, 1.165) is 49.6 Å². The standard InChI is InChI=1S/C16H24ClN3O.2ClH/c1-18-10-4-9-16(21)19-13-6-5-11-20(12-13)15-8-3-2-7-14(15)17;;/h2-3,7-8,13,18H,4-6,9-12H2,1H3,(H,19,21);2*1H. The van der Waals surface area contributed by atoms with Crippen LogP contribution in [0.4, 0.5) is 5.69 Å². The van der Waals surface area contributed by atoms with Crippen molar-refractivity contribution in [2.75, 3.05) is 31.6 Å². The molecule has 0 radical (unpaired) electrons. The van der Waals surface area contributed by atoms with E-state index >= 15 is 0 Å². The van der Waals surface area contributed by atoms with E-state index in [2.05, 4.69) is 15.5 Å². The maximum Gasteiger partial charge on any atom is 0.220 e. The molecule has 1 unspecified atom stereocenters. The van der Waals surface area contributed by atoms with Gasteiger partial charge < -0.3 is 15.5 Å². The summed E-state index contributed by atoms with van der Waals surface area (Å²) >= 11 is 6.26. The summed E-state index contributed by atoms with van der Waals surface area (Å²) in [5.74, 6) is 0.149. The Morgan fingerprint density at radius 3 is 2.78 bits per heavy atom. The summed E-state index contributed by atoms with van der Waals surface area (Å²) in [5.41, 5.74) is 1.06. The van der Waals surface area contributed by atoms with Crippen LogP contribution < -0.4 is 15.5 Å². The summed E-state index contributed by atoms with van der Waals surface area (Å²) in [5, 5.41) is 6.98. The minimum Gasteiger partial charge on any atom is -0.368 e. The minimum absolute atomic E-state index is 0. The molecule has 4 nitrogen and oxygen atoms in total. The molecule has 1 saturated heterocycles. The number of para-hydroxylation sites is 1. The van der Waals surface area contributed by atoms with Crippen molar-refractivity contribution in [1.29, 1.82) is 0 Å². The summed E-state index contributed by atoms with van der Waals surface area (Å²) in [4.78, 5) is 14.2. The van der Waals surface area contributed by atoms with Crippen LogP contribution in [0.2, 0.25) is 5.02 Å². The lowest BCUT2D eigenvalue weighted by Crippen LogP contribution is -2.48. The summed E-state index contributed by atoms with van der Waals surface area (Å²) in [6.45, 7) is 2.71. The highest BCUT2D eigenvalue weighted by Crippen LogP contribution is 2.27. The Hall–Kier alpha value is -0.680. The van der Waals surface area contributed by atoms with Gasteiger partial charge in [-0.05, 0) is 45.0 Å². The Kier molecular flexibility index (Phi) is 11.4. The second kappa shape index (κ2) is 11.8. The zero-order valence-corrected chi connectivity index (χ0v) is 15.8. The summed E-state index contributed by atoms with van der Waals surface area (Å²) in [7, 11) is 1.90. The van der Waals surface area contributed by atoms with Gasteiger partial charge in [-0.2, -0.15) is 0 Å². The van der Waals surface area contributed by atoms with E-state index in [-0.39, 0.29) is 36.8 Å². The zero-order chi connectivity index (χ0) is 15.1. The number of nitrogens with one attached hydrogen (secondary N) is 2. The number of anilines is 1. The van der Waals surface area contributed by atoms with Gasteiger partial charge in [0.15, 0.2) is 0 Å². The van der Waals surface area contributed by atoms with Crippen molar-refractivity contribution in [3.05, 3.63) is 29.3 Å². The second-order valence-electron chi connectivity index (χ2n) is 5.51. The molecule has 2 rings (SSSR count). The molecule has 23 heavy (non-hydrogen) atoms. The number of amides is 1. The fourth-order valence-electron chi connectivity index (χ4n) is 2.75. The van der Waals surface area contributed by atoms with Gasteiger partial charge in [0.25, 0.3) is 0 Å². The Morgan fingerprint density at radius 1 is 1.35 bits per heavy atom. The summed E-state index contributed by atoms with van der Waals surface area (Å²) in [6, 6.07) is 8.12. The van der Waals surface area contributed by atoms with Crippen LogP contribution >= 0.6 is 36.4 Å². The molecule has 1 fully saturated rings. The lowest BCUT2D eigenvalue weighted by Gasteiger charge is -2.35. The van der Waals surface area contributed by atoms with Crippen LogP contribution in [-0.2, 0) is 4.79 Å². The molecule has 1 heterocycles. The molecule has 132 valence electrons. The number of nitrogens with zero attached hydrogens (tertiary/aromatic N) is 1. The molecule has 1 atom stereocenters. The smallest absolute Gasteiger partial charge is 0.220 e. The first-order valence-electron chi connectivity index (χ1n) is 7.64. The molecule has 7 heteroatoms. The van der Waals surface area contributed by atoms with E-state index in [4.69, 9.17) is 11.6 Å². The Balaban J connectivity index is 0.00000242. The van der Waals surface area contributed by atoms with Crippen molar-refractivity contribution in [2.24, 2.45) is 0 Å². The molecule has 1 aromatic rings. The number of rotatable bonds is 6. The van der Waals surface area contributed by atoms with E-state index in [1.807, 2.05) is 31.3 Å². The third-order valence-corrected chi connectivity index (χ3v) is 4.13. The average molecular weight is 383 g/mol. The van der Waals surface area contributed by atoms with Crippen molar-refractivity contribution >= 4 is 48.0 Å². The summed E-state index contributed by atoms with van der Waals surface area (Å²) < 4.78 is 0. The second-order valence-corrected chi connectivity index (χ2v) is 5.92. The Morgan fingerprint density at radius 2 is 2.09 bits per heavy atom. The fourth-order valence-corrected chi connectivity index (χ4v) is 3.00. The van der Waals surface area contributed by atoms with Gasteiger partial charge in [0.05, 0.1) is 10.7 Å². The molecule has 0 saturated carbocycles. The lowest BCUT2D eigenvalue weighted by atomic mass is 10.0. The van der Waals surface area contributed by atoms with E-state index in [0.29, 0.717) is 6.42 Å². The van der Waals surface area contributed by atoms with Gasteiger partial charge >= 0.3 is 0 Å². The molecular formula is C16H26Cl3N3O. The van der Waals surface area contributed by atoms with Crippen molar-refractivity contribution in [1.82, 2.24) is 10.6 Å². The highest BCUT2D eigenvalue weighted by atomic mass is 35.5. The SMILES string of the molecule is CNCCCC(=O)NC1CCCN(c2ccccc2Cl)C1.Cl.Cl. The van der Waals surface area contributed by atoms with Crippen LogP contribution in [0, 0.1) is 0 Å². The molecule has 1 aromatic carbocycles. The van der Waals surface area contributed by atoms with Crippen LogP contribution in [0.1, 0.15) is 25.7 Å². The lowest BCUT2D eigenvalue weighted by molar-refractivity contribution is -0.121. The van der Waals surface area contributed by atoms with E-state index in [9.17, 15) is 4.79 Å². The highest BCUT2D eigenvalue weighted by molar-refractivity contribution is 6.33. The van der Waals surface area contributed by atoms with E-state index in [1.165, 1.54) is 0 Å². The predicted octanol–water partition coefficient (Wildman–Crippen LogP) is 3.27. The molecule has 0 bridgehead atoms. The maximum absolute atomic E-state index is 11.9. The van der Waals surface area contributed by atoms with Gasteiger partial charge in [0, 0.05) is 25.6 Å².